The first-order chi connectivity index (χ1) is 28.4. The van der Waals surface area contributed by atoms with Crippen LogP contribution in [0.4, 0.5) is 36.4 Å². The minimum absolute atomic E-state index is 0.0712. The minimum atomic E-state index is -3.28. The van der Waals surface area contributed by atoms with Crippen molar-refractivity contribution in [2.75, 3.05) is 19.1 Å². The van der Waals surface area contributed by atoms with Gasteiger partial charge in [-0.3, -0.25) is 9.59 Å². The second-order valence-corrected chi connectivity index (χ2v) is 14.7. The van der Waals surface area contributed by atoms with E-state index in [9.17, 15) is 45.6 Å². The number of carbonyl (C=O) groups is 2. The van der Waals surface area contributed by atoms with Gasteiger partial charge in [0.15, 0.2) is 0 Å². The van der Waals surface area contributed by atoms with E-state index in [-0.39, 0.29) is 82.7 Å². The molecule has 0 fully saturated rings. The van der Waals surface area contributed by atoms with Crippen LogP contribution in [-0.2, 0) is 47.2 Å². The number of alkyl halides is 4. The molecule has 1 aliphatic carbocycles. The summed E-state index contributed by atoms with van der Waals surface area (Å²) in [6.45, 7) is 1.19. The molecule has 0 N–H and O–H groups in total. The highest BCUT2D eigenvalue weighted by atomic mass is 19.3. The van der Waals surface area contributed by atoms with Crippen molar-refractivity contribution < 1.29 is 49.8 Å². The molecule has 2 aromatic heterocycles. The molecule has 60 heavy (non-hydrogen) atoms. The molecule has 15 heteroatoms. The zero-order valence-electron chi connectivity index (χ0n) is 33.0. The van der Waals surface area contributed by atoms with Gasteiger partial charge in [-0.15, -0.1) is 0 Å². The first kappa shape index (κ1) is 43.3. The molecule has 0 saturated heterocycles. The lowest BCUT2D eigenvalue weighted by Gasteiger charge is -2.27. The van der Waals surface area contributed by atoms with Crippen LogP contribution in [0, 0.1) is 28.8 Å². The second-order valence-electron chi connectivity index (χ2n) is 14.7. The number of Topliss-reactive ketones (excluding diaryl/α,β-unsaturated/α-hetero) is 1. The van der Waals surface area contributed by atoms with Gasteiger partial charge in [0.05, 0.1) is 55.1 Å². The Kier molecular flexibility index (Phi) is 12.6. The zero-order chi connectivity index (χ0) is 43.5. The number of nitrogens with zero attached hydrogens (tertiary/aromatic N) is 4. The highest BCUT2D eigenvalue weighted by Gasteiger charge is 2.37. The van der Waals surface area contributed by atoms with Crippen LogP contribution in [0.3, 0.4) is 0 Å². The first-order valence-corrected chi connectivity index (χ1v) is 18.9. The van der Waals surface area contributed by atoms with Gasteiger partial charge >= 0.3 is 0 Å². The molecule has 2 atom stereocenters. The van der Waals surface area contributed by atoms with Crippen molar-refractivity contribution in [1.29, 1.82) is 5.26 Å². The fraction of sp³-hybridized carbons (Fsp3) is 0.311. The lowest BCUT2D eigenvalue weighted by atomic mass is 9.90. The van der Waals surface area contributed by atoms with Crippen LogP contribution in [0.15, 0.2) is 79.1 Å². The smallest absolute Gasteiger partial charge is 0.275 e. The van der Waals surface area contributed by atoms with Gasteiger partial charge < -0.3 is 14.4 Å². The van der Waals surface area contributed by atoms with Crippen molar-refractivity contribution in [3.8, 4) is 17.8 Å². The monoisotopic (exact) mass is 832 g/mol. The van der Waals surface area contributed by atoms with Crippen molar-refractivity contribution in [1.82, 2.24) is 9.97 Å². The Labute approximate surface area is 341 Å². The number of ketones is 1. The maximum Gasteiger partial charge on any atom is 0.275 e. The molecule has 3 aromatic carbocycles. The van der Waals surface area contributed by atoms with Gasteiger partial charge in [-0.25, -0.2) is 40.7 Å². The van der Waals surface area contributed by atoms with Gasteiger partial charge in [0.2, 0.25) is 17.7 Å². The number of nitriles is 1. The SMILES string of the molecule is COc1ncc(C2CCc3c(F)cccc3CC2=O)cc1C(C)(F)F.COc1ncc(C2CCc3c(F)cccc3N(Cc3cc(C#N)ccc3F)C2=O)cc1C(C)(F)F. The van der Waals surface area contributed by atoms with Gasteiger partial charge in [0.1, 0.15) is 23.2 Å². The van der Waals surface area contributed by atoms with Crippen LogP contribution in [0.5, 0.6) is 11.8 Å². The lowest BCUT2D eigenvalue weighted by Crippen LogP contribution is -2.34. The molecular formula is C45H39F7N4O4. The molecule has 7 rings (SSSR count). The molecule has 312 valence electrons. The summed E-state index contributed by atoms with van der Waals surface area (Å²) >= 11 is 0. The van der Waals surface area contributed by atoms with E-state index in [0.717, 1.165) is 13.0 Å². The highest BCUT2D eigenvalue weighted by Crippen LogP contribution is 2.41. The fourth-order valence-electron chi connectivity index (χ4n) is 7.61. The Balaban J connectivity index is 0.000000213. The molecule has 1 aliphatic heterocycles. The van der Waals surface area contributed by atoms with Gasteiger partial charge in [0.25, 0.3) is 11.8 Å². The lowest BCUT2D eigenvalue weighted by molar-refractivity contribution is -0.120. The number of aromatic nitrogens is 2. The maximum atomic E-state index is 14.8. The average Bonchev–Trinajstić information content (AvgIpc) is 3.47. The van der Waals surface area contributed by atoms with Crippen LogP contribution in [0.25, 0.3) is 0 Å². The largest absolute Gasteiger partial charge is 0.481 e. The number of fused-ring (bicyclic) bond motifs is 2. The normalized spacial score (nSPS) is 16.7. The summed E-state index contributed by atoms with van der Waals surface area (Å²) in [5.41, 5.74) is 1.80. The summed E-state index contributed by atoms with van der Waals surface area (Å²) in [5, 5.41) is 9.19. The quantitative estimate of drug-likeness (QED) is 0.113. The second kappa shape index (κ2) is 17.5. The third-order valence-electron chi connectivity index (χ3n) is 10.7. The number of ether oxygens (including phenoxy) is 2. The van der Waals surface area contributed by atoms with E-state index in [1.807, 2.05) is 6.07 Å². The van der Waals surface area contributed by atoms with E-state index in [2.05, 4.69) is 9.97 Å². The predicted molar refractivity (Wildman–Crippen MR) is 207 cm³/mol. The van der Waals surface area contributed by atoms with Crippen molar-refractivity contribution in [3.05, 3.63) is 147 Å². The Hall–Kier alpha value is -6.30. The molecule has 2 unspecified atom stereocenters. The van der Waals surface area contributed by atoms with Crippen molar-refractivity contribution >= 4 is 17.4 Å². The first-order valence-electron chi connectivity index (χ1n) is 18.9. The molecule has 1 amide bonds. The van der Waals surface area contributed by atoms with E-state index in [1.165, 1.54) is 74.0 Å². The van der Waals surface area contributed by atoms with Crippen LogP contribution in [0.1, 0.15) is 88.6 Å². The van der Waals surface area contributed by atoms with Crippen molar-refractivity contribution in [2.45, 2.75) is 76.2 Å². The molecule has 5 aromatic rings. The van der Waals surface area contributed by atoms with Gasteiger partial charge in [0, 0.05) is 49.7 Å². The van der Waals surface area contributed by atoms with Crippen LogP contribution >= 0.6 is 0 Å². The number of carbonyl (C=O) groups excluding carboxylic acids is 2. The van der Waals surface area contributed by atoms with E-state index in [4.69, 9.17) is 9.47 Å². The molecule has 3 heterocycles. The summed E-state index contributed by atoms with van der Waals surface area (Å²) in [6, 6.07) is 17.1. The van der Waals surface area contributed by atoms with Crippen molar-refractivity contribution in [2.24, 2.45) is 0 Å². The Morgan fingerprint density at radius 2 is 1.30 bits per heavy atom. The maximum absolute atomic E-state index is 14.8. The van der Waals surface area contributed by atoms with E-state index in [1.54, 1.807) is 18.2 Å². The molecular weight excluding hydrogens is 794 g/mol. The van der Waals surface area contributed by atoms with Crippen LogP contribution in [-0.4, -0.2) is 35.9 Å². The number of hydrogen-bond donors (Lipinski definition) is 0. The van der Waals surface area contributed by atoms with E-state index in [0.29, 0.717) is 36.5 Å². The molecule has 0 saturated carbocycles. The number of rotatable bonds is 8. The van der Waals surface area contributed by atoms with Crippen LogP contribution in [0.2, 0.25) is 0 Å². The Morgan fingerprint density at radius 3 is 1.88 bits per heavy atom. The van der Waals surface area contributed by atoms with Gasteiger partial charge in [-0.2, -0.15) is 5.26 Å². The highest BCUT2D eigenvalue weighted by molar-refractivity contribution is 5.99. The molecule has 0 bridgehead atoms. The number of methoxy groups -OCH3 is 2. The van der Waals surface area contributed by atoms with E-state index < -0.39 is 46.8 Å². The minimum Gasteiger partial charge on any atom is -0.481 e. The standard InChI is InChI=1S/C26H21F4N3O2.C19H18F3NO2/c1-26(29,30)20-11-16(13-32-24(20)35-2)18-7-8-19-22(28)4-3-5-23(19)33(25(18)34)14-17-10-15(12-31)6-9-21(17)27;1-19(21,22)15-8-12(10-23-18(15)25-2)14-7-6-13-11(9-17(14)24)4-3-5-16(13)20/h3-6,9-11,13,18H,7-8,14H2,1-2H3;3-5,8,10,14H,6-7,9H2,1-2H3. The Morgan fingerprint density at radius 1 is 0.750 bits per heavy atom. The van der Waals surface area contributed by atoms with Crippen molar-refractivity contribution in [3.63, 3.8) is 0 Å². The third kappa shape index (κ3) is 9.12. The average molecular weight is 833 g/mol. The number of amides is 1. The predicted octanol–water partition coefficient (Wildman–Crippen LogP) is 9.80. The summed E-state index contributed by atoms with van der Waals surface area (Å²) in [7, 11) is 2.49. The summed E-state index contributed by atoms with van der Waals surface area (Å²) in [4.78, 5) is 35.6. The summed E-state index contributed by atoms with van der Waals surface area (Å²) in [5.74, 6) is -10.5. The fourth-order valence-corrected chi connectivity index (χ4v) is 7.61. The molecule has 2 aliphatic rings. The molecule has 0 spiro atoms. The Bertz CT molecular complexity index is 2480. The summed E-state index contributed by atoms with van der Waals surface area (Å²) < 4.78 is 109. The van der Waals surface area contributed by atoms with Gasteiger partial charge in [-0.1, -0.05) is 18.2 Å². The number of pyridine rings is 2. The topological polar surface area (TPSA) is 105 Å². The van der Waals surface area contributed by atoms with E-state index >= 15 is 0 Å². The number of halogens is 7. The van der Waals surface area contributed by atoms with Gasteiger partial charge in [-0.05, 0) is 96.5 Å². The zero-order valence-corrected chi connectivity index (χ0v) is 33.0. The number of anilines is 1. The van der Waals surface area contributed by atoms with Crippen LogP contribution < -0.4 is 14.4 Å². The third-order valence-corrected chi connectivity index (χ3v) is 10.7. The number of hydrogen-bond acceptors (Lipinski definition) is 7. The molecule has 8 nitrogen and oxygen atoms in total. The molecule has 0 radical (unpaired) electrons. The summed E-state index contributed by atoms with van der Waals surface area (Å²) in [6.07, 6.45) is 3.78. The number of benzene rings is 3.